The number of carboxylic acid groups (broad SMARTS) is 1. The molecule has 1 unspecified atom stereocenters. The van der Waals surface area contributed by atoms with Gasteiger partial charge in [0.25, 0.3) is 0 Å². The van der Waals surface area contributed by atoms with Crippen LogP contribution in [-0.4, -0.2) is 36.8 Å². The van der Waals surface area contributed by atoms with E-state index in [1.165, 1.54) is 12.1 Å². The first-order valence-corrected chi connectivity index (χ1v) is 15.9. The largest absolute Gasteiger partial charge is 0.481 e. The normalized spacial score (nSPS) is 12.7. The van der Waals surface area contributed by atoms with Crippen molar-refractivity contribution in [3.8, 4) is 0 Å². The van der Waals surface area contributed by atoms with Crippen molar-refractivity contribution < 1.29 is 18.3 Å². The second kappa shape index (κ2) is 14.1. The Bertz CT molecular complexity index is 1610. The average molecular weight is 616 g/mol. The number of halogens is 2. The van der Waals surface area contributed by atoms with Gasteiger partial charge in [-0.05, 0) is 78.3 Å². The van der Waals surface area contributed by atoms with Gasteiger partial charge in [-0.25, -0.2) is 18.1 Å². The SMILES string of the molecule is O=C(O)CCCSC(CCNS(=O)(=O)c1ccc(Cl)cc1)c1cccc(/C=C/c2ccc3ccc(Cl)cc3n2)c1. The molecule has 40 heavy (non-hydrogen) atoms. The fourth-order valence-electron chi connectivity index (χ4n) is 4.06. The first kappa shape index (κ1) is 30.1. The summed E-state index contributed by atoms with van der Waals surface area (Å²) in [4.78, 5) is 15.8. The maximum Gasteiger partial charge on any atom is 0.303 e. The lowest BCUT2D eigenvalue weighted by atomic mass is 10.1. The standard InChI is InChI=1S/C30H28Cl2N2O4S2/c31-24-10-14-27(15-11-24)40(37,38)33-17-16-29(39-18-2-5-30(35)36)23-4-1-3-21(19-23)6-12-26-13-8-22-7-9-25(32)20-28(22)34-26/h1,3-4,6-15,19-20,29,33H,2,5,16-18H2,(H,35,36)/b12-6+. The van der Waals surface area contributed by atoms with Gasteiger partial charge in [-0.1, -0.05) is 65.7 Å². The van der Waals surface area contributed by atoms with Crippen LogP contribution in [0.5, 0.6) is 0 Å². The molecular formula is C30H28Cl2N2O4S2. The number of carbonyl (C=O) groups is 1. The number of rotatable bonds is 13. The number of sulfonamides is 1. The van der Waals surface area contributed by atoms with E-state index in [1.54, 1.807) is 23.9 Å². The van der Waals surface area contributed by atoms with Gasteiger partial charge in [-0.15, -0.1) is 0 Å². The van der Waals surface area contributed by atoms with Gasteiger partial charge in [0.05, 0.1) is 16.1 Å². The van der Waals surface area contributed by atoms with Gasteiger partial charge in [0.1, 0.15) is 0 Å². The van der Waals surface area contributed by atoms with Crippen molar-refractivity contribution in [1.82, 2.24) is 9.71 Å². The van der Waals surface area contributed by atoms with Gasteiger partial charge in [0.15, 0.2) is 0 Å². The minimum absolute atomic E-state index is 0.0315. The summed E-state index contributed by atoms with van der Waals surface area (Å²) < 4.78 is 28.1. The second-order valence-electron chi connectivity index (χ2n) is 9.07. The van der Waals surface area contributed by atoms with E-state index in [0.29, 0.717) is 28.6 Å². The van der Waals surface area contributed by atoms with E-state index in [2.05, 4.69) is 15.8 Å². The zero-order chi connectivity index (χ0) is 28.5. The van der Waals surface area contributed by atoms with Crippen LogP contribution in [-0.2, 0) is 14.8 Å². The van der Waals surface area contributed by atoms with E-state index in [-0.39, 0.29) is 23.1 Å². The van der Waals surface area contributed by atoms with Crippen LogP contribution in [0.4, 0.5) is 0 Å². The van der Waals surface area contributed by atoms with Crippen molar-refractivity contribution in [3.05, 3.63) is 106 Å². The van der Waals surface area contributed by atoms with Gasteiger partial charge in [0.2, 0.25) is 10.0 Å². The Balaban J connectivity index is 1.47. The Morgan fingerprint density at radius 3 is 2.50 bits per heavy atom. The Hall–Kier alpha value is -2.88. The summed E-state index contributed by atoms with van der Waals surface area (Å²) in [5, 5.41) is 11.1. The van der Waals surface area contributed by atoms with Crippen LogP contribution in [0.1, 0.15) is 41.3 Å². The molecule has 0 fully saturated rings. The Kier molecular flexibility index (Phi) is 10.6. The molecule has 0 aliphatic rings. The number of nitrogens with one attached hydrogen (secondary N) is 1. The molecule has 6 nitrogen and oxygen atoms in total. The molecule has 1 atom stereocenters. The Labute approximate surface area is 248 Å². The van der Waals surface area contributed by atoms with Crippen LogP contribution >= 0.6 is 35.0 Å². The number of aliphatic carboxylic acids is 1. The third-order valence-corrected chi connectivity index (χ3v) is 9.48. The summed E-state index contributed by atoms with van der Waals surface area (Å²) >= 11 is 13.6. The number of carboxylic acids is 1. The highest BCUT2D eigenvalue weighted by atomic mass is 35.5. The van der Waals surface area contributed by atoms with Crippen LogP contribution in [0.15, 0.2) is 83.8 Å². The van der Waals surface area contributed by atoms with Crippen LogP contribution < -0.4 is 4.72 Å². The van der Waals surface area contributed by atoms with Crippen molar-refractivity contribution in [1.29, 1.82) is 0 Å². The Morgan fingerprint density at radius 1 is 0.975 bits per heavy atom. The summed E-state index contributed by atoms with van der Waals surface area (Å²) in [5.41, 5.74) is 3.63. The average Bonchev–Trinajstić information content (AvgIpc) is 2.93. The van der Waals surface area contributed by atoms with Crippen molar-refractivity contribution >= 4 is 74.0 Å². The summed E-state index contributed by atoms with van der Waals surface area (Å²) in [6, 6.07) is 23.6. The maximum absolute atomic E-state index is 12.7. The number of thioether (sulfide) groups is 1. The molecule has 208 valence electrons. The quantitative estimate of drug-likeness (QED) is 0.150. The van der Waals surface area contributed by atoms with Gasteiger partial charge in [-0.2, -0.15) is 11.8 Å². The molecule has 0 bridgehead atoms. The van der Waals surface area contributed by atoms with Crippen molar-refractivity contribution in [2.45, 2.75) is 29.4 Å². The van der Waals surface area contributed by atoms with Crippen molar-refractivity contribution in [3.63, 3.8) is 0 Å². The molecule has 0 saturated heterocycles. The zero-order valence-corrected chi connectivity index (χ0v) is 24.6. The number of hydrogen-bond donors (Lipinski definition) is 2. The monoisotopic (exact) mass is 614 g/mol. The van der Waals surface area contributed by atoms with E-state index in [9.17, 15) is 13.2 Å². The molecule has 1 aromatic heterocycles. The van der Waals surface area contributed by atoms with E-state index in [0.717, 1.165) is 27.7 Å². The van der Waals surface area contributed by atoms with E-state index in [4.69, 9.17) is 28.3 Å². The molecule has 1 heterocycles. The summed E-state index contributed by atoms with van der Waals surface area (Å²) in [7, 11) is -3.68. The van der Waals surface area contributed by atoms with Crippen LogP contribution in [0.2, 0.25) is 10.0 Å². The Morgan fingerprint density at radius 2 is 1.73 bits per heavy atom. The topological polar surface area (TPSA) is 96.4 Å². The highest BCUT2D eigenvalue weighted by molar-refractivity contribution is 7.99. The molecular weight excluding hydrogens is 587 g/mol. The predicted molar refractivity (Wildman–Crippen MR) is 165 cm³/mol. The molecule has 0 aliphatic carbocycles. The number of pyridine rings is 1. The number of benzene rings is 3. The molecule has 0 amide bonds. The molecule has 0 radical (unpaired) electrons. The number of aromatic nitrogens is 1. The zero-order valence-electron chi connectivity index (χ0n) is 21.5. The summed E-state index contributed by atoms with van der Waals surface area (Å²) in [6.45, 7) is 0.227. The van der Waals surface area contributed by atoms with Crippen LogP contribution in [0.3, 0.4) is 0 Å². The summed E-state index contributed by atoms with van der Waals surface area (Å²) in [6.07, 6.45) is 5.08. The third-order valence-electron chi connectivity index (χ3n) is 6.08. The highest BCUT2D eigenvalue weighted by Gasteiger charge is 2.17. The smallest absolute Gasteiger partial charge is 0.303 e. The number of nitrogens with zero attached hydrogens (tertiary/aromatic N) is 1. The lowest BCUT2D eigenvalue weighted by Gasteiger charge is -2.18. The fraction of sp³-hybridized carbons (Fsp3) is 0.200. The lowest BCUT2D eigenvalue weighted by Crippen LogP contribution is -2.25. The second-order valence-corrected chi connectivity index (χ2v) is 13.0. The van der Waals surface area contributed by atoms with Gasteiger partial charge in [-0.3, -0.25) is 4.79 Å². The number of fused-ring (bicyclic) bond motifs is 1. The predicted octanol–water partition coefficient (Wildman–Crippen LogP) is 7.72. The summed E-state index contributed by atoms with van der Waals surface area (Å²) in [5.74, 6) is -0.186. The van der Waals surface area contributed by atoms with Crippen LogP contribution in [0.25, 0.3) is 23.1 Å². The minimum Gasteiger partial charge on any atom is -0.481 e. The fourth-order valence-corrected chi connectivity index (χ4v) is 6.62. The third kappa shape index (κ3) is 8.81. The minimum atomic E-state index is -3.68. The van der Waals surface area contributed by atoms with Crippen LogP contribution in [0, 0.1) is 0 Å². The van der Waals surface area contributed by atoms with E-state index < -0.39 is 16.0 Å². The molecule has 3 aromatic carbocycles. The molecule has 0 spiro atoms. The van der Waals surface area contributed by atoms with Crippen molar-refractivity contribution in [2.75, 3.05) is 12.3 Å². The molecule has 0 aliphatic heterocycles. The maximum atomic E-state index is 12.7. The van der Waals surface area contributed by atoms with Crippen molar-refractivity contribution in [2.24, 2.45) is 0 Å². The first-order chi connectivity index (χ1) is 19.2. The molecule has 4 aromatic rings. The molecule has 4 rings (SSSR count). The molecule has 2 N–H and O–H groups in total. The highest BCUT2D eigenvalue weighted by Crippen LogP contribution is 2.33. The van der Waals surface area contributed by atoms with Gasteiger partial charge < -0.3 is 5.11 Å². The molecule has 0 saturated carbocycles. The molecule has 10 heteroatoms. The van der Waals surface area contributed by atoms with E-state index in [1.807, 2.05) is 60.7 Å². The first-order valence-electron chi connectivity index (χ1n) is 12.6. The van der Waals surface area contributed by atoms with Gasteiger partial charge in [0, 0.05) is 33.6 Å². The number of hydrogen-bond acceptors (Lipinski definition) is 5. The van der Waals surface area contributed by atoms with Gasteiger partial charge >= 0.3 is 5.97 Å². The van der Waals surface area contributed by atoms with E-state index >= 15 is 0 Å². The lowest BCUT2D eigenvalue weighted by molar-refractivity contribution is -0.137.